The van der Waals surface area contributed by atoms with Gasteiger partial charge in [-0.2, -0.15) is 0 Å². The normalized spacial score (nSPS) is 15.3. The van der Waals surface area contributed by atoms with Crippen molar-refractivity contribution in [2.75, 3.05) is 20.6 Å². The number of hydrogen-bond donors (Lipinski definition) is 2. The molecule has 2 rings (SSSR count). The maximum atomic E-state index is 11.7. The summed E-state index contributed by atoms with van der Waals surface area (Å²) in [6.07, 6.45) is 5.50. The number of allylic oxidation sites excluding steroid dienone is 4. The largest absolute Gasteiger partial charge is 0.333 e. The maximum absolute atomic E-state index is 11.7. The van der Waals surface area contributed by atoms with Crippen molar-refractivity contribution in [3.63, 3.8) is 0 Å². The lowest BCUT2D eigenvalue weighted by Crippen LogP contribution is -2.44. The molecule has 3 N–H and O–H groups in total. The van der Waals surface area contributed by atoms with Gasteiger partial charge in [-0.15, -0.1) is 0 Å². The Hall–Kier alpha value is -2.59. The lowest BCUT2D eigenvalue weighted by atomic mass is 9.98. The van der Waals surface area contributed by atoms with Crippen molar-refractivity contribution in [1.29, 1.82) is 0 Å². The third-order valence-electron chi connectivity index (χ3n) is 3.47. The van der Waals surface area contributed by atoms with Gasteiger partial charge in [0.1, 0.15) is 0 Å². The lowest BCUT2D eigenvalue weighted by Gasteiger charge is -2.28. The van der Waals surface area contributed by atoms with Crippen molar-refractivity contribution in [3.05, 3.63) is 78.0 Å². The van der Waals surface area contributed by atoms with Gasteiger partial charge in [0.2, 0.25) is 0 Å². The monoisotopic (exact) mass is 371 g/mol. The third kappa shape index (κ3) is 8.56. The first kappa shape index (κ1) is 26.6. The summed E-state index contributed by atoms with van der Waals surface area (Å²) in [5.41, 5.74) is 9.53. The van der Waals surface area contributed by atoms with Gasteiger partial charge in [0.25, 0.3) is 0 Å². The molecular weight excluding hydrogens is 334 g/mol. The van der Waals surface area contributed by atoms with Crippen LogP contribution < -0.4 is 11.1 Å². The molecule has 0 saturated carbocycles. The van der Waals surface area contributed by atoms with Crippen LogP contribution in [0.4, 0.5) is 4.79 Å². The molecule has 1 heterocycles. The van der Waals surface area contributed by atoms with Crippen molar-refractivity contribution in [2.45, 2.75) is 34.6 Å². The Bertz CT molecular complexity index is 657. The van der Waals surface area contributed by atoms with Crippen molar-refractivity contribution in [3.8, 4) is 0 Å². The van der Waals surface area contributed by atoms with Gasteiger partial charge in [-0.1, -0.05) is 71.2 Å². The van der Waals surface area contributed by atoms with E-state index in [0.29, 0.717) is 6.54 Å². The molecule has 2 amide bonds. The van der Waals surface area contributed by atoms with Gasteiger partial charge in [-0.05, 0) is 48.4 Å². The van der Waals surface area contributed by atoms with Crippen LogP contribution in [0.3, 0.4) is 0 Å². The zero-order valence-corrected chi connectivity index (χ0v) is 18.1. The number of benzene rings is 1. The number of nitrogens with one attached hydrogen (secondary N) is 1. The molecule has 1 aliphatic rings. The van der Waals surface area contributed by atoms with Gasteiger partial charge in [0.15, 0.2) is 0 Å². The topological polar surface area (TPSA) is 58.4 Å². The molecule has 0 radical (unpaired) electrons. The summed E-state index contributed by atoms with van der Waals surface area (Å²) in [5.74, 6) is 0. The van der Waals surface area contributed by atoms with E-state index in [1.165, 1.54) is 12.6 Å². The van der Waals surface area contributed by atoms with E-state index < -0.39 is 0 Å². The minimum atomic E-state index is -0.109. The van der Waals surface area contributed by atoms with Crippen LogP contribution in [0.1, 0.15) is 38.8 Å². The van der Waals surface area contributed by atoms with Crippen LogP contribution in [0.25, 0.3) is 5.57 Å². The number of nitrogens with two attached hydrogens (primary N) is 1. The van der Waals surface area contributed by atoms with Crippen molar-refractivity contribution in [2.24, 2.45) is 5.73 Å². The maximum Gasteiger partial charge on any atom is 0.321 e. The summed E-state index contributed by atoms with van der Waals surface area (Å²) in [6.45, 7) is 18.5. The number of aryl methyl sites for hydroxylation is 1. The number of nitrogens with zero attached hydrogens (tertiary/aromatic N) is 1. The molecule has 0 atom stereocenters. The highest BCUT2D eigenvalue weighted by atomic mass is 16.2. The molecule has 0 unspecified atom stereocenters. The number of amides is 2. The number of carbonyl (C=O) groups excluding carboxylic acids is 1. The Kier molecular flexibility index (Phi) is 15.4. The number of rotatable bonds is 3. The summed E-state index contributed by atoms with van der Waals surface area (Å²) < 4.78 is 0. The molecule has 1 aromatic carbocycles. The second kappa shape index (κ2) is 15.6. The van der Waals surface area contributed by atoms with Crippen LogP contribution in [-0.2, 0) is 0 Å². The predicted octanol–water partition coefficient (Wildman–Crippen LogP) is 5.29. The number of hydrogen-bond acceptors (Lipinski definition) is 2. The van der Waals surface area contributed by atoms with E-state index in [1.54, 1.807) is 18.0 Å². The first-order valence-electron chi connectivity index (χ1n) is 9.41. The minimum Gasteiger partial charge on any atom is -0.333 e. The van der Waals surface area contributed by atoms with Gasteiger partial charge in [-0.3, -0.25) is 0 Å². The number of urea groups is 1. The van der Waals surface area contributed by atoms with Gasteiger partial charge >= 0.3 is 6.03 Å². The fraction of sp³-hybridized carbons (Fsp3) is 0.348. The van der Waals surface area contributed by atoms with Gasteiger partial charge in [0, 0.05) is 19.3 Å². The summed E-state index contributed by atoms with van der Waals surface area (Å²) in [6, 6.07) is 8.02. The van der Waals surface area contributed by atoms with Crippen molar-refractivity contribution < 1.29 is 4.79 Å². The van der Waals surface area contributed by atoms with E-state index in [2.05, 4.69) is 43.3 Å². The zero-order chi connectivity index (χ0) is 21.4. The van der Waals surface area contributed by atoms with E-state index in [0.717, 1.165) is 22.4 Å². The summed E-state index contributed by atoms with van der Waals surface area (Å²) in [4.78, 5) is 13.4. The first-order valence-corrected chi connectivity index (χ1v) is 9.41. The van der Waals surface area contributed by atoms with Crippen LogP contribution in [0.15, 0.2) is 66.9 Å². The fourth-order valence-corrected chi connectivity index (χ4v) is 2.31. The van der Waals surface area contributed by atoms with E-state index in [1.807, 2.05) is 52.0 Å². The fourth-order valence-electron chi connectivity index (χ4n) is 2.31. The van der Waals surface area contributed by atoms with E-state index in [-0.39, 0.29) is 6.03 Å². The first-order chi connectivity index (χ1) is 13.0. The highest BCUT2D eigenvalue weighted by Gasteiger charge is 2.21. The van der Waals surface area contributed by atoms with E-state index >= 15 is 0 Å². The average molecular weight is 372 g/mol. The lowest BCUT2D eigenvalue weighted by molar-refractivity contribution is 0.211. The Morgan fingerprint density at radius 3 is 2.26 bits per heavy atom. The van der Waals surface area contributed by atoms with Gasteiger partial charge < -0.3 is 16.0 Å². The second-order valence-corrected chi connectivity index (χ2v) is 5.11. The van der Waals surface area contributed by atoms with Crippen LogP contribution in [0.2, 0.25) is 0 Å². The summed E-state index contributed by atoms with van der Waals surface area (Å²) >= 11 is 0. The molecule has 1 saturated heterocycles. The highest BCUT2D eigenvalue weighted by molar-refractivity contribution is 5.82. The SMILES string of the molecule is C=C/C=C1/NC(=O)N(C)C/C1=C/C(=C)c1ccccc1C.CC.CC.CN. The second-order valence-electron chi connectivity index (χ2n) is 5.11. The molecule has 0 bridgehead atoms. The molecular formula is C23H37N3O. The molecule has 0 aromatic heterocycles. The molecule has 0 aliphatic carbocycles. The predicted molar refractivity (Wildman–Crippen MR) is 121 cm³/mol. The van der Waals surface area contributed by atoms with Crippen LogP contribution in [0.5, 0.6) is 0 Å². The Morgan fingerprint density at radius 1 is 1.19 bits per heavy atom. The van der Waals surface area contributed by atoms with Gasteiger partial charge in [-0.25, -0.2) is 4.79 Å². The smallest absolute Gasteiger partial charge is 0.321 e. The molecule has 4 nitrogen and oxygen atoms in total. The van der Waals surface area contributed by atoms with Crippen LogP contribution >= 0.6 is 0 Å². The summed E-state index contributed by atoms with van der Waals surface area (Å²) in [5, 5.41) is 2.86. The third-order valence-corrected chi connectivity index (χ3v) is 3.47. The van der Waals surface area contributed by atoms with Crippen LogP contribution in [-0.4, -0.2) is 31.6 Å². The average Bonchev–Trinajstić information content (AvgIpc) is 2.71. The molecule has 27 heavy (non-hydrogen) atoms. The highest BCUT2D eigenvalue weighted by Crippen LogP contribution is 2.23. The standard InChI is InChI=1S/C18H20N2O.2C2H6.CH5N/c1-5-8-17-15(12-20(4)18(21)19-17)11-14(3)16-10-7-6-9-13(16)2;3*1-2/h5-11H,1,3,12H2,2,4H3,(H,19,21);2*1-2H3;2H2,1H3/b15-11-,17-8+;;;. The minimum absolute atomic E-state index is 0.109. The molecule has 4 heteroatoms. The van der Waals surface area contributed by atoms with E-state index in [9.17, 15) is 4.79 Å². The Morgan fingerprint density at radius 2 is 1.74 bits per heavy atom. The quantitative estimate of drug-likeness (QED) is 0.759. The van der Waals surface area contributed by atoms with Crippen LogP contribution in [0, 0.1) is 6.92 Å². The Labute approximate surface area is 166 Å². The number of carbonyl (C=O) groups is 1. The van der Waals surface area contributed by atoms with Gasteiger partial charge in [0.05, 0.1) is 0 Å². The van der Waals surface area contributed by atoms with Crippen molar-refractivity contribution >= 4 is 11.6 Å². The molecule has 1 fully saturated rings. The van der Waals surface area contributed by atoms with Crippen molar-refractivity contribution in [1.82, 2.24) is 10.2 Å². The molecule has 1 aromatic rings. The number of likely N-dealkylation sites (N-methyl/N-ethyl adjacent to an activating group) is 1. The van der Waals surface area contributed by atoms with E-state index in [4.69, 9.17) is 0 Å². The Balaban J connectivity index is 0. The molecule has 0 spiro atoms. The molecule has 1 aliphatic heterocycles. The summed E-state index contributed by atoms with van der Waals surface area (Å²) in [7, 11) is 3.27. The zero-order valence-electron chi connectivity index (χ0n) is 18.1. The molecule has 150 valence electrons.